The van der Waals surface area contributed by atoms with Crippen LogP contribution in [0.15, 0.2) is 0 Å². The second-order valence-corrected chi connectivity index (χ2v) is 6.47. The van der Waals surface area contributed by atoms with E-state index in [1.165, 1.54) is 18.4 Å². The number of aliphatic hydroxyl groups excluding tert-OH is 1. The monoisotopic (exact) mass is 321 g/mol. The van der Waals surface area contributed by atoms with Crippen LogP contribution in [0.1, 0.15) is 33.9 Å². The van der Waals surface area contributed by atoms with Crippen LogP contribution in [0.2, 0.25) is 0 Å². The number of aryl methyl sites for hydroxylation is 2. The molecule has 2 aromatic rings. The van der Waals surface area contributed by atoms with E-state index in [1.54, 1.807) is 0 Å². The molecule has 3 rings (SSSR count). The van der Waals surface area contributed by atoms with Gasteiger partial charge in [0.2, 0.25) is 0 Å². The molecule has 0 bridgehead atoms. The summed E-state index contributed by atoms with van der Waals surface area (Å²) in [5, 5.41) is 10.3. The molecule has 0 amide bonds. The first kappa shape index (κ1) is 15.2. The molecule has 1 fully saturated rings. The molecule has 118 valence electrons. The van der Waals surface area contributed by atoms with E-state index < -0.39 is 0 Å². The first-order valence-electron chi connectivity index (χ1n) is 7.30. The van der Waals surface area contributed by atoms with Gasteiger partial charge in [-0.25, -0.2) is 14.8 Å². The molecule has 6 nitrogen and oxygen atoms in total. The number of aromatic nitrogens is 2. The molecule has 2 aromatic heterocycles. The third kappa shape index (κ3) is 2.55. The number of thiophene rings is 1. The third-order valence-electron chi connectivity index (χ3n) is 3.85. The Morgan fingerprint density at radius 3 is 2.73 bits per heavy atom. The van der Waals surface area contributed by atoms with Gasteiger partial charge in [0.05, 0.1) is 19.1 Å². The van der Waals surface area contributed by atoms with Gasteiger partial charge in [0.25, 0.3) is 0 Å². The number of hydrogen-bond donors (Lipinski definition) is 1. The van der Waals surface area contributed by atoms with Gasteiger partial charge in [-0.15, -0.1) is 11.3 Å². The molecule has 0 spiro atoms. The van der Waals surface area contributed by atoms with Crippen molar-refractivity contribution in [2.45, 2.75) is 32.7 Å². The smallest absolute Gasteiger partial charge is 0.348 e. The van der Waals surface area contributed by atoms with Gasteiger partial charge in [-0.1, -0.05) is 0 Å². The van der Waals surface area contributed by atoms with Crippen molar-refractivity contribution >= 4 is 33.3 Å². The quantitative estimate of drug-likeness (QED) is 0.850. The standard InChI is InChI=1S/C15H19N3O3S/c1-8-11-13(18(6-7-19)10-4-5-10)16-9(2)17-14(11)22-12(8)15(20)21-3/h10,19H,4-7H2,1-3H3. The van der Waals surface area contributed by atoms with Gasteiger partial charge in [0.15, 0.2) is 0 Å². The highest BCUT2D eigenvalue weighted by atomic mass is 32.1. The Hall–Kier alpha value is -1.73. The fourth-order valence-electron chi connectivity index (χ4n) is 2.67. The summed E-state index contributed by atoms with van der Waals surface area (Å²) in [4.78, 5) is 24.5. The Bertz CT molecular complexity index is 724. The number of esters is 1. The number of aliphatic hydroxyl groups is 1. The van der Waals surface area contributed by atoms with Gasteiger partial charge >= 0.3 is 5.97 Å². The predicted molar refractivity (Wildman–Crippen MR) is 85.7 cm³/mol. The molecule has 0 radical (unpaired) electrons. The Labute approximate surface area is 132 Å². The lowest BCUT2D eigenvalue weighted by Gasteiger charge is -2.23. The molecular weight excluding hydrogens is 302 g/mol. The van der Waals surface area contributed by atoms with E-state index >= 15 is 0 Å². The number of fused-ring (bicyclic) bond motifs is 1. The lowest BCUT2D eigenvalue weighted by atomic mass is 10.2. The van der Waals surface area contributed by atoms with Gasteiger partial charge in [0.1, 0.15) is 21.3 Å². The van der Waals surface area contributed by atoms with Crippen LogP contribution < -0.4 is 4.90 Å². The number of rotatable bonds is 5. The lowest BCUT2D eigenvalue weighted by molar-refractivity contribution is 0.0605. The maximum absolute atomic E-state index is 11.9. The molecule has 0 saturated heterocycles. The molecule has 1 N–H and O–H groups in total. The summed E-state index contributed by atoms with van der Waals surface area (Å²) < 4.78 is 4.85. The molecule has 1 saturated carbocycles. The predicted octanol–water partition coefficient (Wildman–Crippen LogP) is 2.06. The zero-order chi connectivity index (χ0) is 15.9. The Kier molecular flexibility index (Phi) is 4.01. The average Bonchev–Trinajstić information content (AvgIpc) is 3.28. The number of anilines is 1. The van der Waals surface area contributed by atoms with Crippen LogP contribution in [0.25, 0.3) is 10.2 Å². The molecule has 0 aromatic carbocycles. The highest BCUT2D eigenvalue weighted by Gasteiger charge is 2.32. The van der Waals surface area contributed by atoms with E-state index in [0.717, 1.165) is 34.4 Å². The van der Waals surface area contributed by atoms with E-state index in [4.69, 9.17) is 4.74 Å². The average molecular weight is 321 g/mol. The second kappa shape index (κ2) is 5.81. The fraction of sp³-hybridized carbons (Fsp3) is 0.533. The van der Waals surface area contributed by atoms with Crippen molar-refractivity contribution in [1.29, 1.82) is 0 Å². The topological polar surface area (TPSA) is 75.5 Å². The van der Waals surface area contributed by atoms with E-state index in [1.807, 2.05) is 13.8 Å². The van der Waals surface area contributed by atoms with Crippen molar-refractivity contribution in [3.8, 4) is 0 Å². The van der Waals surface area contributed by atoms with E-state index in [9.17, 15) is 9.90 Å². The molecule has 0 aliphatic heterocycles. The van der Waals surface area contributed by atoms with Crippen molar-refractivity contribution in [1.82, 2.24) is 9.97 Å². The minimum atomic E-state index is -0.343. The highest BCUT2D eigenvalue weighted by molar-refractivity contribution is 7.20. The minimum Gasteiger partial charge on any atom is -0.465 e. The van der Waals surface area contributed by atoms with Crippen molar-refractivity contribution in [2.24, 2.45) is 0 Å². The molecule has 7 heteroatoms. The summed E-state index contributed by atoms with van der Waals surface area (Å²) in [5.74, 6) is 1.15. The highest BCUT2D eigenvalue weighted by Crippen LogP contribution is 2.39. The maximum Gasteiger partial charge on any atom is 0.348 e. The first-order chi connectivity index (χ1) is 10.6. The molecule has 2 heterocycles. The van der Waals surface area contributed by atoms with Gasteiger partial charge in [-0.05, 0) is 32.3 Å². The van der Waals surface area contributed by atoms with Crippen molar-refractivity contribution in [3.05, 3.63) is 16.3 Å². The second-order valence-electron chi connectivity index (χ2n) is 5.47. The summed E-state index contributed by atoms with van der Waals surface area (Å²) in [6, 6.07) is 0.422. The van der Waals surface area contributed by atoms with Crippen LogP contribution in [-0.2, 0) is 4.74 Å². The number of carbonyl (C=O) groups excluding carboxylic acids is 1. The molecular formula is C15H19N3O3S. The number of carbonyl (C=O) groups is 1. The molecule has 22 heavy (non-hydrogen) atoms. The van der Waals surface area contributed by atoms with Crippen LogP contribution in [-0.4, -0.2) is 47.3 Å². The summed E-state index contributed by atoms with van der Waals surface area (Å²) >= 11 is 1.34. The van der Waals surface area contributed by atoms with Crippen molar-refractivity contribution in [3.63, 3.8) is 0 Å². The normalized spacial score (nSPS) is 14.4. The van der Waals surface area contributed by atoms with Gasteiger partial charge in [0, 0.05) is 12.6 Å². The van der Waals surface area contributed by atoms with Crippen LogP contribution in [0.4, 0.5) is 5.82 Å². The molecule has 1 aliphatic rings. The van der Waals surface area contributed by atoms with Crippen molar-refractivity contribution < 1.29 is 14.6 Å². The number of methoxy groups -OCH3 is 1. The van der Waals surface area contributed by atoms with Crippen LogP contribution >= 0.6 is 11.3 Å². The summed E-state index contributed by atoms with van der Waals surface area (Å²) in [5.41, 5.74) is 0.852. The molecule has 0 unspecified atom stereocenters. The zero-order valence-corrected chi connectivity index (χ0v) is 13.7. The van der Waals surface area contributed by atoms with Crippen molar-refractivity contribution in [2.75, 3.05) is 25.2 Å². The third-order valence-corrected chi connectivity index (χ3v) is 5.02. The zero-order valence-electron chi connectivity index (χ0n) is 12.9. The summed E-state index contributed by atoms with van der Waals surface area (Å²) in [7, 11) is 1.38. The van der Waals surface area contributed by atoms with E-state index in [2.05, 4.69) is 14.9 Å². The molecule has 1 aliphatic carbocycles. The Balaban J connectivity index is 2.20. The van der Waals surface area contributed by atoms with Gasteiger partial charge in [-0.3, -0.25) is 0 Å². The Morgan fingerprint density at radius 1 is 1.41 bits per heavy atom. The SMILES string of the molecule is COC(=O)c1sc2nc(C)nc(N(CCO)C3CC3)c2c1C. The minimum absolute atomic E-state index is 0.0775. The lowest BCUT2D eigenvalue weighted by Crippen LogP contribution is -2.30. The van der Waals surface area contributed by atoms with Gasteiger partial charge < -0.3 is 14.7 Å². The van der Waals surface area contributed by atoms with E-state index in [-0.39, 0.29) is 12.6 Å². The van der Waals surface area contributed by atoms with Gasteiger partial charge in [-0.2, -0.15) is 0 Å². The number of ether oxygens (including phenoxy) is 1. The first-order valence-corrected chi connectivity index (χ1v) is 8.12. The maximum atomic E-state index is 11.9. The largest absolute Gasteiger partial charge is 0.465 e. The summed E-state index contributed by atoms with van der Waals surface area (Å²) in [6.07, 6.45) is 2.22. The van der Waals surface area contributed by atoms with Crippen LogP contribution in [0, 0.1) is 13.8 Å². The summed E-state index contributed by atoms with van der Waals surface area (Å²) in [6.45, 7) is 4.37. The molecule has 0 atom stereocenters. The van der Waals surface area contributed by atoms with E-state index in [0.29, 0.717) is 23.3 Å². The van der Waals surface area contributed by atoms with Crippen LogP contribution in [0.5, 0.6) is 0 Å². The number of hydrogen-bond acceptors (Lipinski definition) is 7. The fourth-order valence-corrected chi connectivity index (χ4v) is 3.81. The number of nitrogens with zero attached hydrogens (tertiary/aromatic N) is 3. The van der Waals surface area contributed by atoms with Crippen LogP contribution in [0.3, 0.4) is 0 Å². The Morgan fingerprint density at radius 2 is 2.14 bits per heavy atom.